The Hall–Kier alpha value is -2.27. The second-order valence-corrected chi connectivity index (χ2v) is 3.90. The zero-order valence-corrected chi connectivity index (χ0v) is 9.90. The number of benzene rings is 1. The molecule has 92 valence electrons. The molecule has 0 saturated heterocycles. The van der Waals surface area contributed by atoms with E-state index in [-0.39, 0.29) is 11.3 Å². The predicted octanol–water partition coefficient (Wildman–Crippen LogP) is 2.28. The zero-order valence-electron chi connectivity index (χ0n) is 9.14. The molecule has 5 nitrogen and oxygen atoms in total. The maximum absolute atomic E-state index is 11.7. The molecule has 1 aromatic heterocycles. The summed E-state index contributed by atoms with van der Waals surface area (Å²) in [5.74, 6) is -0.903. The lowest BCUT2D eigenvalue weighted by Crippen LogP contribution is -2.14. The Morgan fingerprint density at radius 2 is 2.06 bits per heavy atom. The maximum atomic E-state index is 11.7. The Balaban J connectivity index is 2.26. The van der Waals surface area contributed by atoms with Gasteiger partial charge in [0.25, 0.3) is 5.91 Å². The summed E-state index contributed by atoms with van der Waals surface area (Å²) in [7, 11) is 0. The summed E-state index contributed by atoms with van der Waals surface area (Å²) in [5.41, 5.74) is 5.70. The number of rotatable bonds is 3. The van der Waals surface area contributed by atoms with Crippen LogP contribution in [0, 0.1) is 0 Å². The molecule has 0 bridgehead atoms. The number of hydrogen-bond donors (Lipinski definition) is 2. The van der Waals surface area contributed by atoms with Crippen molar-refractivity contribution in [2.45, 2.75) is 0 Å². The minimum atomic E-state index is -0.597. The molecule has 0 spiro atoms. The highest BCUT2D eigenvalue weighted by atomic mass is 35.5. The van der Waals surface area contributed by atoms with Crippen LogP contribution in [0.5, 0.6) is 0 Å². The van der Waals surface area contributed by atoms with Gasteiger partial charge >= 0.3 is 0 Å². The fourth-order valence-corrected chi connectivity index (χ4v) is 1.53. The molecule has 0 fully saturated rings. The third-order valence-corrected chi connectivity index (χ3v) is 2.57. The summed E-state index contributed by atoms with van der Waals surface area (Å²) in [6, 6.07) is 7.48. The first-order valence-corrected chi connectivity index (χ1v) is 5.40. The van der Waals surface area contributed by atoms with Gasteiger partial charge < -0.3 is 15.5 Å². The third kappa shape index (κ3) is 2.52. The van der Waals surface area contributed by atoms with Gasteiger partial charge in [-0.05, 0) is 30.3 Å². The summed E-state index contributed by atoms with van der Waals surface area (Å²) in [6.07, 6.45) is 1.39. The molecule has 0 saturated carbocycles. The van der Waals surface area contributed by atoms with E-state index in [4.69, 9.17) is 21.8 Å². The largest absolute Gasteiger partial charge is 0.459 e. The normalized spacial score (nSPS) is 10.1. The van der Waals surface area contributed by atoms with Crippen LogP contribution in [0.15, 0.2) is 41.0 Å². The predicted molar refractivity (Wildman–Crippen MR) is 66.6 cm³/mol. The number of furan rings is 1. The number of primary amides is 1. The van der Waals surface area contributed by atoms with Crippen LogP contribution < -0.4 is 11.1 Å². The van der Waals surface area contributed by atoms with Gasteiger partial charge in [-0.3, -0.25) is 9.59 Å². The van der Waals surface area contributed by atoms with Crippen molar-refractivity contribution in [1.29, 1.82) is 0 Å². The second kappa shape index (κ2) is 4.93. The Morgan fingerprint density at radius 1 is 1.28 bits per heavy atom. The van der Waals surface area contributed by atoms with Crippen molar-refractivity contribution in [1.82, 2.24) is 0 Å². The van der Waals surface area contributed by atoms with Crippen molar-refractivity contribution >= 4 is 29.1 Å². The number of amides is 2. The summed E-state index contributed by atoms with van der Waals surface area (Å²) >= 11 is 5.91. The topological polar surface area (TPSA) is 85.3 Å². The number of carbonyl (C=O) groups excluding carboxylic acids is 2. The van der Waals surface area contributed by atoms with E-state index in [9.17, 15) is 9.59 Å². The van der Waals surface area contributed by atoms with E-state index >= 15 is 0 Å². The van der Waals surface area contributed by atoms with Gasteiger partial charge in [0.15, 0.2) is 5.76 Å². The van der Waals surface area contributed by atoms with Gasteiger partial charge in [-0.2, -0.15) is 0 Å². The fourth-order valence-electron chi connectivity index (χ4n) is 1.37. The smallest absolute Gasteiger partial charge is 0.291 e. The fraction of sp³-hybridized carbons (Fsp3) is 0. The molecule has 0 atom stereocenters. The molecule has 2 aromatic rings. The van der Waals surface area contributed by atoms with Crippen molar-refractivity contribution in [3.8, 4) is 0 Å². The van der Waals surface area contributed by atoms with E-state index < -0.39 is 11.8 Å². The summed E-state index contributed by atoms with van der Waals surface area (Å²) in [4.78, 5) is 22.8. The Bertz CT molecular complexity index is 593. The quantitative estimate of drug-likeness (QED) is 0.892. The van der Waals surface area contributed by atoms with Crippen LogP contribution >= 0.6 is 11.6 Å². The lowest BCUT2D eigenvalue weighted by molar-refractivity contribution is 0.0988. The van der Waals surface area contributed by atoms with Crippen molar-refractivity contribution < 1.29 is 14.0 Å². The first-order chi connectivity index (χ1) is 8.58. The van der Waals surface area contributed by atoms with Gasteiger partial charge in [-0.1, -0.05) is 11.6 Å². The molecule has 6 heteroatoms. The van der Waals surface area contributed by atoms with Crippen LogP contribution in [0.3, 0.4) is 0 Å². The first kappa shape index (κ1) is 12.2. The van der Waals surface area contributed by atoms with Crippen molar-refractivity contribution in [2.24, 2.45) is 5.73 Å². The molecule has 0 aliphatic rings. The van der Waals surface area contributed by atoms with Crippen LogP contribution in [0.4, 0.5) is 5.69 Å². The maximum Gasteiger partial charge on any atom is 0.291 e. The molecule has 1 heterocycles. The number of anilines is 1. The molecule has 0 unspecified atom stereocenters. The summed E-state index contributed by atoms with van der Waals surface area (Å²) in [5, 5.41) is 2.84. The van der Waals surface area contributed by atoms with Crippen LogP contribution in [0.2, 0.25) is 5.02 Å². The van der Waals surface area contributed by atoms with E-state index in [1.165, 1.54) is 30.5 Å². The molecule has 18 heavy (non-hydrogen) atoms. The molecule has 0 aliphatic heterocycles. The van der Waals surface area contributed by atoms with Crippen molar-refractivity contribution in [3.05, 3.63) is 52.9 Å². The van der Waals surface area contributed by atoms with E-state index in [0.29, 0.717) is 10.7 Å². The number of carbonyl (C=O) groups is 2. The highest BCUT2D eigenvalue weighted by Crippen LogP contribution is 2.23. The molecular weight excluding hydrogens is 256 g/mol. The second-order valence-electron chi connectivity index (χ2n) is 3.49. The molecule has 3 N–H and O–H groups in total. The lowest BCUT2D eigenvalue weighted by Gasteiger charge is -2.06. The first-order valence-electron chi connectivity index (χ1n) is 5.02. The van der Waals surface area contributed by atoms with Gasteiger partial charge in [0.1, 0.15) is 0 Å². The summed E-state index contributed by atoms with van der Waals surface area (Å²) in [6.45, 7) is 0. The third-order valence-electron chi connectivity index (χ3n) is 2.24. The molecule has 1 aromatic carbocycles. The van der Waals surface area contributed by atoms with Gasteiger partial charge in [0.2, 0.25) is 5.91 Å². The van der Waals surface area contributed by atoms with Crippen LogP contribution in [-0.2, 0) is 0 Å². The standard InChI is InChI=1S/C12H9ClN2O3/c13-8-4-3-7(11(14)16)6-9(8)15-12(17)10-2-1-5-18-10/h1-6H,(H2,14,16)(H,15,17). The summed E-state index contributed by atoms with van der Waals surface area (Å²) < 4.78 is 4.94. The van der Waals surface area contributed by atoms with Gasteiger partial charge in [-0.15, -0.1) is 0 Å². The van der Waals surface area contributed by atoms with Crippen molar-refractivity contribution in [3.63, 3.8) is 0 Å². The zero-order chi connectivity index (χ0) is 13.1. The van der Waals surface area contributed by atoms with Crippen molar-refractivity contribution in [2.75, 3.05) is 5.32 Å². The number of halogens is 1. The van der Waals surface area contributed by atoms with Crippen LogP contribution in [0.1, 0.15) is 20.9 Å². The Labute approximate surface area is 108 Å². The number of nitrogens with two attached hydrogens (primary N) is 1. The van der Waals surface area contributed by atoms with Gasteiger partial charge in [0.05, 0.1) is 17.0 Å². The van der Waals surface area contributed by atoms with Gasteiger partial charge in [-0.25, -0.2) is 0 Å². The number of nitrogens with one attached hydrogen (secondary N) is 1. The average molecular weight is 265 g/mol. The molecule has 0 radical (unpaired) electrons. The Morgan fingerprint density at radius 3 is 2.67 bits per heavy atom. The molecule has 2 amide bonds. The lowest BCUT2D eigenvalue weighted by atomic mass is 10.2. The van der Waals surface area contributed by atoms with Gasteiger partial charge in [0, 0.05) is 5.56 Å². The van der Waals surface area contributed by atoms with Crippen LogP contribution in [0.25, 0.3) is 0 Å². The van der Waals surface area contributed by atoms with E-state index in [0.717, 1.165) is 0 Å². The molecular formula is C12H9ClN2O3. The molecule has 0 aliphatic carbocycles. The molecule has 2 rings (SSSR count). The van der Waals surface area contributed by atoms with E-state index in [2.05, 4.69) is 5.32 Å². The SMILES string of the molecule is NC(=O)c1ccc(Cl)c(NC(=O)c2ccco2)c1. The Kier molecular flexibility index (Phi) is 3.34. The monoisotopic (exact) mass is 264 g/mol. The minimum absolute atomic E-state index is 0.149. The number of hydrogen-bond acceptors (Lipinski definition) is 3. The highest BCUT2D eigenvalue weighted by molar-refractivity contribution is 6.34. The van der Waals surface area contributed by atoms with Crippen LogP contribution in [-0.4, -0.2) is 11.8 Å². The average Bonchev–Trinajstić information content (AvgIpc) is 2.85. The van der Waals surface area contributed by atoms with E-state index in [1.807, 2.05) is 0 Å². The van der Waals surface area contributed by atoms with E-state index in [1.54, 1.807) is 6.07 Å². The highest BCUT2D eigenvalue weighted by Gasteiger charge is 2.12. The minimum Gasteiger partial charge on any atom is -0.459 e.